The van der Waals surface area contributed by atoms with Crippen LogP contribution in [0.15, 0.2) is 16.5 Å². The molecule has 0 fully saturated rings. The molecule has 0 aromatic carbocycles. The van der Waals surface area contributed by atoms with Crippen LogP contribution in [-0.2, 0) is 0 Å². The highest BCUT2D eigenvalue weighted by Crippen LogP contribution is 2.14. The maximum atomic E-state index is 10.2. The van der Waals surface area contributed by atoms with Crippen molar-refractivity contribution in [3.8, 4) is 6.19 Å². The fourth-order valence-corrected chi connectivity index (χ4v) is 0.678. The van der Waals surface area contributed by atoms with Crippen molar-refractivity contribution in [2.75, 3.05) is 0 Å². The molecule has 0 saturated carbocycles. The summed E-state index contributed by atoms with van der Waals surface area (Å²) < 4.78 is 4.62. The predicted octanol–water partition coefficient (Wildman–Crippen LogP) is 0.584. The molecule has 0 bridgehead atoms. The first-order valence-electron chi connectivity index (χ1n) is 3.13. The molecular weight excluding hydrogens is 176 g/mol. The van der Waals surface area contributed by atoms with Gasteiger partial charge in [-0.05, 0) is 6.07 Å². The van der Waals surface area contributed by atoms with Crippen molar-refractivity contribution in [2.45, 2.75) is 0 Å². The Kier molecular flexibility index (Phi) is 2.26. The first-order chi connectivity index (χ1) is 6.15. The van der Waals surface area contributed by atoms with E-state index >= 15 is 0 Å². The molecule has 0 amide bonds. The van der Waals surface area contributed by atoms with Crippen LogP contribution in [0.2, 0.25) is 0 Å². The molecule has 66 valence electrons. The summed E-state index contributed by atoms with van der Waals surface area (Å²) >= 11 is 0. The van der Waals surface area contributed by atoms with E-state index in [1.54, 1.807) is 0 Å². The number of amidine groups is 1. The van der Waals surface area contributed by atoms with Gasteiger partial charge in [-0.15, -0.1) is 0 Å². The van der Waals surface area contributed by atoms with E-state index in [4.69, 9.17) is 10.7 Å². The molecule has 0 radical (unpaired) electrons. The zero-order valence-electron chi connectivity index (χ0n) is 6.27. The smallest absolute Gasteiger partial charge is 0.397 e. The van der Waals surface area contributed by atoms with E-state index in [9.17, 15) is 10.1 Å². The number of hydrogen-bond donors (Lipinski definition) is 2. The second-order valence-corrected chi connectivity index (χ2v) is 2.01. The summed E-state index contributed by atoms with van der Waals surface area (Å²) in [6.07, 6.45) is 1.50. The number of rotatable bonds is 2. The molecule has 7 nitrogen and oxygen atoms in total. The minimum atomic E-state index is -0.719. The summed E-state index contributed by atoms with van der Waals surface area (Å²) in [4.78, 5) is 9.43. The van der Waals surface area contributed by atoms with Crippen LogP contribution >= 0.6 is 0 Å². The molecule has 0 saturated heterocycles. The lowest BCUT2D eigenvalue weighted by atomic mass is 10.4. The summed E-state index contributed by atoms with van der Waals surface area (Å²) in [5.74, 6) is -0.816. The van der Waals surface area contributed by atoms with Gasteiger partial charge in [-0.2, -0.15) is 5.26 Å². The van der Waals surface area contributed by atoms with Gasteiger partial charge in [0.2, 0.25) is 0 Å². The van der Waals surface area contributed by atoms with E-state index in [1.165, 1.54) is 12.3 Å². The van der Waals surface area contributed by atoms with E-state index in [-0.39, 0.29) is 11.6 Å². The third-order valence-electron chi connectivity index (χ3n) is 1.20. The third-order valence-corrected chi connectivity index (χ3v) is 1.20. The Morgan fingerprint density at radius 3 is 2.92 bits per heavy atom. The van der Waals surface area contributed by atoms with Gasteiger partial charge in [0.05, 0.1) is 6.07 Å². The van der Waals surface area contributed by atoms with Crippen LogP contribution in [0.1, 0.15) is 5.76 Å². The van der Waals surface area contributed by atoms with Gasteiger partial charge < -0.3 is 4.42 Å². The van der Waals surface area contributed by atoms with Crippen molar-refractivity contribution in [2.24, 2.45) is 0 Å². The Labute approximate surface area is 72.2 Å². The topological polar surface area (TPSA) is 116 Å². The summed E-state index contributed by atoms with van der Waals surface area (Å²) in [7, 11) is 0. The van der Waals surface area contributed by atoms with Gasteiger partial charge in [0.25, 0.3) is 0 Å². The highest BCUT2D eigenvalue weighted by atomic mass is 16.6. The van der Waals surface area contributed by atoms with Gasteiger partial charge in [-0.1, -0.05) is 0 Å². The lowest BCUT2D eigenvalue weighted by Gasteiger charge is -1.92. The third kappa shape index (κ3) is 1.81. The molecule has 1 aromatic rings. The Balaban J connectivity index is 2.87. The molecule has 1 aromatic heterocycles. The first kappa shape index (κ1) is 8.73. The summed E-state index contributed by atoms with van der Waals surface area (Å²) in [5.41, 5.74) is 0. The van der Waals surface area contributed by atoms with Crippen molar-refractivity contribution in [1.29, 1.82) is 10.7 Å². The molecule has 13 heavy (non-hydrogen) atoms. The molecular formula is C6H4N4O3. The standard InChI is InChI=1S/C6H4N4O3/c7-3-9-6(8)4-1-2-5(13-4)10(11)12/h1-2H,(H2,8,9). The summed E-state index contributed by atoms with van der Waals surface area (Å²) in [5, 5.41) is 27.4. The number of hydrogen-bond acceptors (Lipinski definition) is 5. The van der Waals surface area contributed by atoms with Crippen LogP contribution in [-0.4, -0.2) is 10.8 Å². The normalized spacial score (nSPS) is 8.85. The highest BCUT2D eigenvalue weighted by Gasteiger charge is 2.14. The second-order valence-electron chi connectivity index (χ2n) is 2.01. The average Bonchev–Trinajstić information content (AvgIpc) is 2.52. The molecule has 7 heteroatoms. The predicted molar refractivity (Wildman–Crippen MR) is 40.9 cm³/mol. The van der Waals surface area contributed by atoms with Crippen molar-refractivity contribution in [3.05, 3.63) is 28.0 Å². The Hall–Kier alpha value is -2.36. The molecule has 0 aliphatic heterocycles. The van der Waals surface area contributed by atoms with Gasteiger partial charge in [0, 0.05) is 0 Å². The minimum Gasteiger partial charge on any atom is -0.397 e. The zero-order chi connectivity index (χ0) is 9.84. The van der Waals surface area contributed by atoms with Gasteiger partial charge in [-0.3, -0.25) is 20.8 Å². The lowest BCUT2D eigenvalue weighted by Crippen LogP contribution is -2.16. The van der Waals surface area contributed by atoms with Crippen LogP contribution in [0.5, 0.6) is 0 Å². The number of nitriles is 1. The van der Waals surface area contributed by atoms with E-state index in [0.717, 1.165) is 6.07 Å². The van der Waals surface area contributed by atoms with Crippen molar-refractivity contribution in [1.82, 2.24) is 5.32 Å². The molecule has 2 N–H and O–H groups in total. The lowest BCUT2D eigenvalue weighted by molar-refractivity contribution is -0.402. The molecule has 1 heterocycles. The van der Waals surface area contributed by atoms with Crippen molar-refractivity contribution in [3.63, 3.8) is 0 Å². The van der Waals surface area contributed by atoms with Crippen LogP contribution in [0.4, 0.5) is 5.88 Å². The number of furan rings is 1. The fraction of sp³-hybridized carbons (Fsp3) is 0. The Bertz CT molecular complexity index is 389. The quantitative estimate of drug-likeness (QED) is 0.172. The number of nitrogens with one attached hydrogen (secondary N) is 2. The maximum Gasteiger partial charge on any atom is 0.433 e. The van der Waals surface area contributed by atoms with Gasteiger partial charge in [0.15, 0.2) is 17.8 Å². The van der Waals surface area contributed by atoms with Crippen molar-refractivity contribution >= 4 is 11.7 Å². The van der Waals surface area contributed by atoms with Crippen molar-refractivity contribution < 1.29 is 9.34 Å². The fourth-order valence-electron chi connectivity index (χ4n) is 0.678. The molecule has 0 atom stereocenters. The SMILES string of the molecule is N#CNC(=N)c1ccc([N+](=O)[O-])o1. The van der Waals surface area contributed by atoms with Crippen LogP contribution < -0.4 is 5.32 Å². The minimum absolute atomic E-state index is 0.0479. The largest absolute Gasteiger partial charge is 0.433 e. The molecule has 0 aliphatic carbocycles. The molecule has 0 aliphatic rings. The molecule has 0 unspecified atom stereocenters. The summed E-state index contributed by atoms with van der Waals surface area (Å²) in [6.45, 7) is 0. The van der Waals surface area contributed by atoms with Gasteiger partial charge in [0.1, 0.15) is 4.92 Å². The van der Waals surface area contributed by atoms with Crippen LogP contribution in [0.25, 0.3) is 0 Å². The Morgan fingerprint density at radius 2 is 2.46 bits per heavy atom. The number of nitrogens with zero attached hydrogens (tertiary/aromatic N) is 2. The van der Waals surface area contributed by atoms with E-state index in [1.807, 2.05) is 5.32 Å². The highest BCUT2D eigenvalue weighted by molar-refractivity contribution is 5.94. The maximum absolute atomic E-state index is 10.2. The van der Waals surface area contributed by atoms with Crippen LogP contribution in [0.3, 0.4) is 0 Å². The molecule has 0 spiro atoms. The Morgan fingerprint density at radius 1 is 1.77 bits per heavy atom. The molecule has 1 rings (SSSR count). The number of nitro groups is 1. The zero-order valence-corrected chi connectivity index (χ0v) is 6.27. The van der Waals surface area contributed by atoms with E-state index in [0.29, 0.717) is 0 Å². The first-order valence-corrected chi connectivity index (χ1v) is 3.13. The van der Waals surface area contributed by atoms with E-state index < -0.39 is 10.8 Å². The van der Waals surface area contributed by atoms with E-state index in [2.05, 4.69) is 4.42 Å². The monoisotopic (exact) mass is 180 g/mol. The van der Waals surface area contributed by atoms with Gasteiger partial charge >= 0.3 is 5.88 Å². The summed E-state index contributed by atoms with van der Waals surface area (Å²) in [6, 6.07) is 2.35. The second kappa shape index (κ2) is 3.36. The van der Waals surface area contributed by atoms with Gasteiger partial charge in [-0.25, -0.2) is 0 Å². The average molecular weight is 180 g/mol. The van der Waals surface area contributed by atoms with Crippen LogP contribution in [0, 0.1) is 27.0 Å².